The van der Waals surface area contributed by atoms with Crippen LogP contribution in [0.3, 0.4) is 0 Å². The zero-order chi connectivity index (χ0) is 6.74. The van der Waals surface area contributed by atoms with Gasteiger partial charge in [0.2, 0.25) is 0 Å². The molecule has 1 heterocycles. The molecule has 0 saturated carbocycles. The first-order valence-corrected chi connectivity index (χ1v) is 4.80. The van der Waals surface area contributed by atoms with Crippen LogP contribution in [0, 0.1) is 0 Å². The summed E-state index contributed by atoms with van der Waals surface area (Å²) < 4.78 is 20.2. The van der Waals surface area contributed by atoms with Crippen molar-refractivity contribution in [2.75, 3.05) is 24.7 Å². The van der Waals surface area contributed by atoms with E-state index in [4.69, 9.17) is 4.74 Å². The molecule has 0 aromatic carbocycles. The quantitative estimate of drug-likeness (QED) is 0.413. The SMILES string of the molecule is BN=S1(=O)CCOCC1. The summed E-state index contributed by atoms with van der Waals surface area (Å²) >= 11 is 0. The Morgan fingerprint density at radius 2 is 2.00 bits per heavy atom. The van der Waals surface area contributed by atoms with Gasteiger partial charge in [0.25, 0.3) is 7.98 Å². The van der Waals surface area contributed by atoms with Crippen LogP contribution in [-0.4, -0.2) is 36.9 Å². The highest BCUT2D eigenvalue weighted by molar-refractivity contribution is 7.94. The van der Waals surface area contributed by atoms with Gasteiger partial charge in [-0.1, -0.05) is 0 Å². The van der Waals surface area contributed by atoms with Crippen LogP contribution in [0.4, 0.5) is 0 Å². The lowest BCUT2D eigenvalue weighted by Gasteiger charge is -2.15. The molecule has 3 nitrogen and oxygen atoms in total. The van der Waals surface area contributed by atoms with Crippen molar-refractivity contribution >= 4 is 17.7 Å². The zero-order valence-electron chi connectivity index (χ0n) is 5.50. The summed E-state index contributed by atoms with van der Waals surface area (Å²) in [6.45, 7) is 1.21. The molecule has 0 aromatic heterocycles. The predicted octanol–water partition coefficient (Wildman–Crippen LogP) is -0.967. The van der Waals surface area contributed by atoms with Gasteiger partial charge in [0, 0.05) is 9.73 Å². The molecule has 0 radical (unpaired) electrons. The van der Waals surface area contributed by atoms with Gasteiger partial charge in [0.1, 0.15) is 0 Å². The van der Waals surface area contributed by atoms with Crippen molar-refractivity contribution < 1.29 is 8.95 Å². The summed E-state index contributed by atoms with van der Waals surface area (Å²) in [5.74, 6) is 1.23. The molecule has 52 valence electrons. The van der Waals surface area contributed by atoms with E-state index in [1.165, 1.54) is 0 Å². The van der Waals surface area contributed by atoms with Crippen molar-refractivity contribution in [1.29, 1.82) is 0 Å². The average molecular weight is 147 g/mol. The van der Waals surface area contributed by atoms with E-state index in [0.717, 1.165) is 0 Å². The Bertz CT molecular complexity index is 185. The zero-order valence-corrected chi connectivity index (χ0v) is 6.32. The van der Waals surface area contributed by atoms with Gasteiger partial charge in [0.15, 0.2) is 0 Å². The molecule has 0 aliphatic carbocycles. The van der Waals surface area contributed by atoms with E-state index < -0.39 is 9.73 Å². The van der Waals surface area contributed by atoms with Crippen LogP contribution in [0.2, 0.25) is 0 Å². The van der Waals surface area contributed by atoms with Crippen LogP contribution >= 0.6 is 0 Å². The van der Waals surface area contributed by atoms with Crippen molar-refractivity contribution in [2.45, 2.75) is 0 Å². The third kappa shape index (κ3) is 1.69. The Kier molecular flexibility index (Phi) is 2.13. The Hall–Kier alpha value is -0.0251. The second-order valence-corrected chi connectivity index (χ2v) is 4.70. The van der Waals surface area contributed by atoms with Gasteiger partial charge < -0.3 is 9.01 Å². The van der Waals surface area contributed by atoms with Crippen LogP contribution in [0.1, 0.15) is 0 Å². The van der Waals surface area contributed by atoms with Gasteiger partial charge in [0.05, 0.1) is 24.7 Å². The lowest BCUT2D eigenvalue weighted by Crippen LogP contribution is -2.25. The monoisotopic (exact) mass is 147 g/mol. The van der Waals surface area contributed by atoms with Crippen molar-refractivity contribution in [3.05, 3.63) is 0 Å². The molecule has 5 heteroatoms. The van der Waals surface area contributed by atoms with Crippen LogP contribution in [0.5, 0.6) is 0 Å². The molecule has 1 saturated heterocycles. The third-order valence-corrected chi connectivity index (χ3v) is 3.70. The number of hydrogen-bond acceptors (Lipinski definition) is 3. The molecule has 0 aromatic rings. The maximum Gasteiger partial charge on any atom is 0.257 e. The van der Waals surface area contributed by atoms with Gasteiger partial charge in [-0.15, -0.1) is 0 Å². The maximum absolute atomic E-state index is 11.3. The summed E-state index contributed by atoms with van der Waals surface area (Å²) in [6, 6.07) is 0. The van der Waals surface area contributed by atoms with E-state index in [1.54, 1.807) is 7.98 Å². The number of rotatable bonds is 0. The van der Waals surface area contributed by atoms with Gasteiger partial charge in [-0.3, -0.25) is 4.21 Å². The van der Waals surface area contributed by atoms with E-state index in [1.807, 2.05) is 0 Å². The average Bonchev–Trinajstić information content (AvgIpc) is 1.90. The molecular weight excluding hydrogens is 137 g/mol. The Labute approximate surface area is 56.4 Å². The number of nitrogens with zero attached hydrogens (tertiary/aromatic N) is 1. The lowest BCUT2D eigenvalue weighted by molar-refractivity contribution is 0.158. The largest absolute Gasteiger partial charge is 0.379 e. The summed E-state index contributed by atoms with van der Waals surface area (Å²) in [7, 11) is -0.209. The Morgan fingerprint density at radius 1 is 1.44 bits per heavy atom. The van der Waals surface area contributed by atoms with E-state index in [2.05, 4.69) is 4.27 Å². The number of hydrogen-bond donors (Lipinski definition) is 0. The van der Waals surface area contributed by atoms with Crippen LogP contribution in [0.15, 0.2) is 4.27 Å². The highest BCUT2D eigenvalue weighted by atomic mass is 32.2. The van der Waals surface area contributed by atoms with E-state index in [0.29, 0.717) is 24.7 Å². The fourth-order valence-corrected chi connectivity index (χ4v) is 2.09. The second-order valence-electron chi connectivity index (χ2n) is 1.98. The Morgan fingerprint density at radius 3 is 2.33 bits per heavy atom. The van der Waals surface area contributed by atoms with Crippen molar-refractivity contribution in [1.82, 2.24) is 0 Å². The molecule has 1 aliphatic heterocycles. The second kappa shape index (κ2) is 2.71. The first kappa shape index (κ1) is 7.09. The first-order valence-electron chi connectivity index (χ1n) is 2.95. The number of ether oxygens (including phenoxy) is 1. The summed E-state index contributed by atoms with van der Waals surface area (Å²) in [5, 5.41) is 0. The van der Waals surface area contributed by atoms with Crippen LogP contribution in [-0.2, 0) is 14.5 Å². The van der Waals surface area contributed by atoms with Crippen molar-refractivity contribution in [2.24, 2.45) is 4.27 Å². The van der Waals surface area contributed by atoms with Gasteiger partial charge >= 0.3 is 0 Å². The summed E-state index contributed by atoms with van der Waals surface area (Å²) in [4.78, 5) is 0. The Balaban J connectivity index is 2.70. The molecule has 0 bridgehead atoms. The smallest absolute Gasteiger partial charge is 0.257 e. The summed E-state index contributed by atoms with van der Waals surface area (Å²) in [6.07, 6.45) is 0. The molecule has 0 atom stereocenters. The molecule has 1 rings (SSSR count). The molecule has 0 amide bonds. The van der Waals surface area contributed by atoms with E-state index in [9.17, 15) is 4.21 Å². The van der Waals surface area contributed by atoms with Gasteiger partial charge in [-0.25, -0.2) is 0 Å². The minimum atomic E-state index is -1.83. The minimum Gasteiger partial charge on any atom is -0.379 e. The molecule has 0 spiro atoms. The van der Waals surface area contributed by atoms with Gasteiger partial charge in [-0.2, -0.15) is 0 Å². The highest BCUT2D eigenvalue weighted by Crippen LogP contribution is 2.01. The standard InChI is InChI=1S/C4H10BNO2S/c5-6-9(7)3-1-8-2-4-9/h1-5H2. The molecular formula is C4H10BNO2S. The van der Waals surface area contributed by atoms with Crippen LogP contribution < -0.4 is 0 Å². The lowest BCUT2D eigenvalue weighted by atomic mass is 10.5. The van der Waals surface area contributed by atoms with Crippen molar-refractivity contribution in [3.8, 4) is 0 Å². The predicted molar refractivity (Wildman–Crippen MR) is 39.7 cm³/mol. The van der Waals surface area contributed by atoms with Crippen LogP contribution in [0.25, 0.3) is 0 Å². The maximum atomic E-state index is 11.3. The first-order chi connectivity index (χ1) is 4.27. The molecule has 1 fully saturated rings. The summed E-state index contributed by atoms with van der Waals surface area (Å²) in [5.41, 5.74) is 0. The normalized spacial score (nSPS) is 25.3. The fraction of sp³-hybridized carbons (Fsp3) is 1.00. The minimum absolute atomic E-state index is 0.607. The molecule has 9 heavy (non-hydrogen) atoms. The molecule has 1 aliphatic rings. The van der Waals surface area contributed by atoms with Gasteiger partial charge in [-0.05, 0) is 0 Å². The van der Waals surface area contributed by atoms with E-state index in [-0.39, 0.29) is 0 Å². The van der Waals surface area contributed by atoms with Crippen molar-refractivity contribution in [3.63, 3.8) is 0 Å². The fourth-order valence-electron chi connectivity index (χ4n) is 0.765. The third-order valence-electron chi connectivity index (χ3n) is 1.43. The molecule has 0 unspecified atom stereocenters. The molecule has 0 N–H and O–H groups in total. The highest BCUT2D eigenvalue weighted by Gasteiger charge is 2.11. The van der Waals surface area contributed by atoms with E-state index >= 15 is 0 Å². The topological polar surface area (TPSA) is 38.7 Å².